The van der Waals surface area contributed by atoms with Gasteiger partial charge in [-0.2, -0.15) is 0 Å². The summed E-state index contributed by atoms with van der Waals surface area (Å²) in [6, 6.07) is 0. The van der Waals surface area contributed by atoms with Gasteiger partial charge in [-0.1, -0.05) is 11.6 Å². The number of hydrogen-bond acceptors (Lipinski definition) is 1. The lowest BCUT2D eigenvalue weighted by atomic mass is 10.3. The summed E-state index contributed by atoms with van der Waals surface area (Å²) in [4.78, 5) is 2.25. The molecule has 0 aromatic carbocycles. The first-order chi connectivity index (χ1) is 5.55. The molecule has 1 fully saturated rings. The van der Waals surface area contributed by atoms with Gasteiger partial charge in [0.05, 0.1) is 20.6 Å². The number of likely N-dealkylation sites (N-methyl/N-ethyl adjacent to an activating group) is 1. The molecule has 5 heteroatoms. The van der Waals surface area contributed by atoms with E-state index in [1.807, 2.05) is 0 Å². The summed E-state index contributed by atoms with van der Waals surface area (Å²) in [6.45, 7) is 4.15. The van der Waals surface area contributed by atoms with E-state index in [9.17, 15) is 0 Å². The van der Waals surface area contributed by atoms with Crippen LogP contribution in [0.25, 0.3) is 0 Å². The molecule has 0 N–H and O–H groups in total. The SMILES string of the molecule is C[N+]1(C)CCN(CCCl)C(Cl)C1.Cl. The fourth-order valence-electron chi connectivity index (χ4n) is 1.51. The number of alkyl halides is 2. The van der Waals surface area contributed by atoms with E-state index in [1.165, 1.54) is 6.54 Å². The third-order valence-electron chi connectivity index (χ3n) is 2.41. The molecule has 1 heterocycles. The van der Waals surface area contributed by atoms with Crippen LogP contribution in [0.5, 0.6) is 0 Å². The first-order valence-corrected chi connectivity index (χ1v) is 5.28. The zero-order valence-corrected chi connectivity index (χ0v) is 10.5. The van der Waals surface area contributed by atoms with E-state index < -0.39 is 0 Å². The Morgan fingerprint density at radius 3 is 2.54 bits per heavy atom. The van der Waals surface area contributed by atoms with Crippen LogP contribution in [-0.2, 0) is 0 Å². The largest absolute Gasteiger partial charge is 0.325 e. The van der Waals surface area contributed by atoms with Crippen LogP contribution in [0.4, 0.5) is 0 Å². The van der Waals surface area contributed by atoms with Crippen molar-refractivity contribution in [2.45, 2.75) is 5.50 Å². The quantitative estimate of drug-likeness (QED) is 0.408. The van der Waals surface area contributed by atoms with E-state index in [0.29, 0.717) is 5.88 Å². The van der Waals surface area contributed by atoms with Crippen molar-refractivity contribution in [3.8, 4) is 0 Å². The highest BCUT2D eigenvalue weighted by Crippen LogP contribution is 2.16. The predicted octanol–water partition coefficient (Wildman–Crippen LogP) is 1.60. The number of halogens is 3. The lowest BCUT2D eigenvalue weighted by Gasteiger charge is -2.41. The molecule has 0 aromatic heterocycles. The van der Waals surface area contributed by atoms with E-state index in [-0.39, 0.29) is 17.9 Å². The molecule has 0 spiro atoms. The molecule has 1 aliphatic heterocycles. The second-order valence-corrected chi connectivity index (χ2v) is 4.88. The molecule has 0 aromatic rings. The van der Waals surface area contributed by atoms with Crippen LogP contribution in [0, 0.1) is 0 Å². The fraction of sp³-hybridized carbons (Fsp3) is 1.00. The van der Waals surface area contributed by atoms with E-state index in [2.05, 4.69) is 19.0 Å². The molecule has 0 radical (unpaired) electrons. The summed E-state index contributed by atoms with van der Waals surface area (Å²) in [5, 5.41) is 0. The molecular weight excluding hydrogens is 230 g/mol. The second kappa shape index (κ2) is 5.62. The lowest BCUT2D eigenvalue weighted by molar-refractivity contribution is -0.896. The molecule has 13 heavy (non-hydrogen) atoms. The van der Waals surface area contributed by atoms with Gasteiger partial charge in [-0.3, -0.25) is 4.90 Å². The zero-order valence-electron chi connectivity index (χ0n) is 8.17. The number of quaternary nitrogens is 1. The van der Waals surface area contributed by atoms with Gasteiger partial charge in [-0.15, -0.1) is 24.0 Å². The first kappa shape index (κ1) is 13.8. The zero-order chi connectivity index (χ0) is 9.19. The molecule has 1 unspecified atom stereocenters. The highest BCUT2D eigenvalue weighted by molar-refractivity contribution is 6.20. The van der Waals surface area contributed by atoms with Crippen molar-refractivity contribution in [3.05, 3.63) is 0 Å². The summed E-state index contributed by atoms with van der Waals surface area (Å²) in [7, 11) is 4.43. The molecule has 80 valence electrons. The van der Waals surface area contributed by atoms with Crippen molar-refractivity contribution < 1.29 is 4.48 Å². The maximum Gasteiger partial charge on any atom is 0.135 e. The molecule has 2 nitrogen and oxygen atoms in total. The van der Waals surface area contributed by atoms with Crippen molar-refractivity contribution in [3.63, 3.8) is 0 Å². The van der Waals surface area contributed by atoms with Crippen molar-refractivity contribution in [1.29, 1.82) is 0 Å². The highest BCUT2D eigenvalue weighted by Gasteiger charge is 2.31. The molecule has 0 bridgehead atoms. The Balaban J connectivity index is 0.00000144. The predicted molar refractivity (Wildman–Crippen MR) is 61.0 cm³/mol. The van der Waals surface area contributed by atoms with E-state index in [1.54, 1.807) is 0 Å². The minimum Gasteiger partial charge on any atom is -0.325 e. The highest BCUT2D eigenvalue weighted by atomic mass is 35.5. The van der Waals surface area contributed by atoms with Gasteiger partial charge in [0.2, 0.25) is 0 Å². The number of piperazine rings is 1. The average Bonchev–Trinajstić information content (AvgIpc) is 1.94. The minimum absolute atomic E-state index is 0. The minimum atomic E-state index is 0. The Morgan fingerprint density at radius 2 is 2.08 bits per heavy atom. The van der Waals surface area contributed by atoms with Gasteiger partial charge in [0.1, 0.15) is 12.0 Å². The first-order valence-electron chi connectivity index (χ1n) is 4.31. The van der Waals surface area contributed by atoms with Gasteiger partial charge >= 0.3 is 0 Å². The Bertz CT molecular complexity index is 152. The summed E-state index contributed by atoms with van der Waals surface area (Å²) in [5.41, 5.74) is 0.160. The normalized spacial score (nSPS) is 28.2. The molecule has 0 saturated carbocycles. The van der Waals surface area contributed by atoms with Crippen molar-refractivity contribution >= 4 is 35.6 Å². The van der Waals surface area contributed by atoms with Crippen LogP contribution in [0.15, 0.2) is 0 Å². The van der Waals surface area contributed by atoms with Crippen LogP contribution >= 0.6 is 35.6 Å². The Labute approximate surface area is 96.8 Å². The number of rotatable bonds is 2. The van der Waals surface area contributed by atoms with Crippen molar-refractivity contribution in [2.24, 2.45) is 0 Å². The standard InChI is InChI=1S/C8H17Cl2N2.ClH/c1-12(2)6-5-11(4-3-9)8(10)7-12;/h8H,3-7H2,1-2H3;1H/q+1;. The van der Waals surface area contributed by atoms with Crippen molar-refractivity contribution in [2.75, 3.05) is 46.2 Å². The summed E-state index contributed by atoms with van der Waals surface area (Å²) < 4.78 is 1.02. The van der Waals surface area contributed by atoms with Gasteiger partial charge in [0, 0.05) is 19.0 Å². The van der Waals surface area contributed by atoms with Gasteiger partial charge in [0.15, 0.2) is 0 Å². The second-order valence-electron chi connectivity index (χ2n) is 4.00. The lowest BCUT2D eigenvalue weighted by Crippen LogP contribution is -2.58. The summed E-state index contributed by atoms with van der Waals surface area (Å²) in [6.07, 6.45) is 0. The molecule has 1 rings (SSSR count). The third-order valence-corrected chi connectivity index (χ3v) is 2.99. The van der Waals surface area contributed by atoms with Crippen LogP contribution in [0.1, 0.15) is 0 Å². The Kier molecular flexibility index (Phi) is 5.96. The van der Waals surface area contributed by atoms with Gasteiger partial charge in [-0.25, -0.2) is 0 Å². The topological polar surface area (TPSA) is 3.24 Å². The molecular formula is C8H18Cl3N2+. The third kappa shape index (κ3) is 4.22. The molecule has 0 amide bonds. The van der Waals surface area contributed by atoms with E-state index >= 15 is 0 Å². The molecule has 1 atom stereocenters. The Hall–Kier alpha value is 0.790. The van der Waals surface area contributed by atoms with Crippen LogP contribution in [0.2, 0.25) is 0 Å². The Morgan fingerprint density at radius 1 is 1.46 bits per heavy atom. The molecule has 1 aliphatic rings. The maximum atomic E-state index is 6.20. The average molecular weight is 249 g/mol. The molecule has 0 aliphatic carbocycles. The van der Waals surface area contributed by atoms with E-state index in [0.717, 1.165) is 24.1 Å². The number of hydrogen-bond donors (Lipinski definition) is 0. The molecule has 1 saturated heterocycles. The van der Waals surface area contributed by atoms with E-state index in [4.69, 9.17) is 23.2 Å². The smallest absolute Gasteiger partial charge is 0.135 e. The summed E-state index contributed by atoms with van der Waals surface area (Å²) >= 11 is 11.9. The van der Waals surface area contributed by atoms with Crippen LogP contribution in [-0.4, -0.2) is 61.0 Å². The summed E-state index contributed by atoms with van der Waals surface area (Å²) in [5.74, 6) is 0.677. The van der Waals surface area contributed by atoms with Crippen LogP contribution in [0.3, 0.4) is 0 Å². The van der Waals surface area contributed by atoms with Crippen molar-refractivity contribution in [1.82, 2.24) is 4.90 Å². The van der Waals surface area contributed by atoms with Gasteiger partial charge < -0.3 is 4.48 Å². The van der Waals surface area contributed by atoms with Gasteiger partial charge in [-0.05, 0) is 0 Å². The maximum absolute atomic E-state index is 6.20. The van der Waals surface area contributed by atoms with Gasteiger partial charge in [0.25, 0.3) is 0 Å². The number of nitrogens with zero attached hydrogens (tertiary/aromatic N) is 2. The monoisotopic (exact) mass is 247 g/mol. The fourth-order valence-corrected chi connectivity index (χ4v) is 2.30. The van der Waals surface area contributed by atoms with Crippen LogP contribution < -0.4 is 0 Å².